The molecule has 0 aliphatic heterocycles. The minimum Gasteiger partial charge on any atom is -0.348 e. The second-order valence-electron chi connectivity index (χ2n) is 4.98. The van der Waals surface area contributed by atoms with Crippen LogP contribution >= 0.6 is 11.3 Å². The van der Waals surface area contributed by atoms with E-state index in [0.29, 0.717) is 12.1 Å². The van der Waals surface area contributed by atoms with Crippen LogP contribution in [-0.2, 0) is 0 Å². The molecule has 0 aliphatic carbocycles. The normalized spacial score (nSPS) is 14.5. The highest BCUT2D eigenvalue weighted by Gasteiger charge is 2.15. The molecule has 2 unspecified atom stereocenters. The van der Waals surface area contributed by atoms with Gasteiger partial charge in [-0.15, -0.1) is 11.3 Å². The maximum Gasteiger partial charge on any atom is 0.185 e. The number of thiazole rings is 1. The summed E-state index contributed by atoms with van der Waals surface area (Å²) in [6.07, 6.45) is 3.60. The zero-order valence-corrected chi connectivity index (χ0v) is 13.2. The van der Waals surface area contributed by atoms with Crippen molar-refractivity contribution in [3.63, 3.8) is 0 Å². The minimum absolute atomic E-state index is 0.352. The molecular weight excluding hydrogens is 242 g/mol. The molecule has 0 saturated heterocycles. The summed E-state index contributed by atoms with van der Waals surface area (Å²) >= 11 is 1.75. The van der Waals surface area contributed by atoms with Crippen LogP contribution in [0.15, 0.2) is 5.38 Å². The van der Waals surface area contributed by atoms with Crippen molar-refractivity contribution < 1.29 is 0 Å². The van der Waals surface area contributed by atoms with Gasteiger partial charge in [-0.05, 0) is 33.2 Å². The van der Waals surface area contributed by atoms with Crippen molar-refractivity contribution in [2.75, 3.05) is 18.5 Å². The molecule has 1 rings (SSSR count). The van der Waals surface area contributed by atoms with E-state index in [0.717, 1.165) is 18.1 Å². The molecule has 0 fully saturated rings. The van der Waals surface area contributed by atoms with E-state index in [-0.39, 0.29) is 0 Å². The average molecular weight is 269 g/mol. The van der Waals surface area contributed by atoms with E-state index in [1.165, 1.54) is 18.5 Å². The number of hydrogen-bond donors (Lipinski definition) is 1. The van der Waals surface area contributed by atoms with Crippen LogP contribution in [0, 0.1) is 0 Å². The molecule has 0 amide bonds. The van der Waals surface area contributed by atoms with Gasteiger partial charge in [0.05, 0.1) is 5.69 Å². The Morgan fingerprint density at radius 2 is 2.06 bits per heavy atom. The zero-order valence-electron chi connectivity index (χ0n) is 12.4. The zero-order chi connectivity index (χ0) is 13.5. The number of nitrogens with one attached hydrogen (secondary N) is 1. The highest BCUT2D eigenvalue weighted by Crippen LogP contribution is 2.25. The van der Waals surface area contributed by atoms with E-state index < -0.39 is 0 Å². The number of anilines is 1. The SMILES string of the molecule is CCCNC(C)c1csc(N(C)C(C)CCC)n1. The molecule has 18 heavy (non-hydrogen) atoms. The van der Waals surface area contributed by atoms with E-state index >= 15 is 0 Å². The van der Waals surface area contributed by atoms with E-state index in [9.17, 15) is 0 Å². The van der Waals surface area contributed by atoms with Gasteiger partial charge in [0, 0.05) is 24.5 Å². The summed E-state index contributed by atoms with van der Waals surface area (Å²) in [7, 11) is 2.15. The lowest BCUT2D eigenvalue weighted by Gasteiger charge is -2.23. The highest BCUT2D eigenvalue weighted by molar-refractivity contribution is 7.13. The van der Waals surface area contributed by atoms with Crippen LogP contribution in [0.2, 0.25) is 0 Å². The first-order valence-electron chi connectivity index (χ1n) is 7.01. The summed E-state index contributed by atoms with van der Waals surface area (Å²) in [6.45, 7) is 9.92. The first kappa shape index (κ1) is 15.4. The van der Waals surface area contributed by atoms with Crippen LogP contribution in [-0.4, -0.2) is 24.6 Å². The predicted molar refractivity (Wildman–Crippen MR) is 81.6 cm³/mol. The standard InChI is InChI=1S/C14H27N3S/c1-6-8-11(3)17(5)14-16-13(10-18-14)12(4)15-9-7-2/h10-12,15H,6-9H2,1-5H3. The monoisotopic (exact) mass is 269 g/mol. The Bertz CT molecular complexity index is 338. The molecule has 0 radical (unpaired) electrons. The maximum absolute atomic E-state index is 4.75. The van der Waals surface area contributed by atoms with Gasteiger partial charge in [0.2, 0.25) is 0 Å². The number of hydrogen-bond acceptors (Lipinski definition) is 4. The highest BCUT2D eigenvalue weighted by atomic mass is 32.1. The minimum atomic E-state index is 0.352. The molecule has 2 atom stereocenters. The summed E-state index contributed by atoms with van der Waals surface area (Å²) in [4.78, 5) is 7.04. The lowest BCUT2D eigenvalue weighted by Crippen LogP contribution is -2.28. The third-order valence-electron chi connectivity index (χ3n) is 3.32. The predicted octanol–water partition coefficient (Wildman–Crippen LogP) is 3.83. The van der Waals surface area contributed by atoms with Gasteiger partial charge in [-0.25, -0.2) is 4.98 Å². The summed E-state index contributed by atoms with van der Waals surface area (Å²) in [5.41, 5.74) is 1.17. The number of rotatable bonds is 8. The van der Waals surface area contributed by atoms with Crippen molar-refractivity contribution in [1.29, 1.82) is 0 Å². The molecule has 1 N–H and O–H groups in total. The van der Waals surface area contributed by atoms with E-state index in [1.54, 1.807) is 11.3 Å². The van der Waals surface area contributed by atoms with Gasteiger partial charge < -0.3 is 10.2 Å². The molecule has 1 heterocycles. The fourth-order valence-electron chi connectivity index (χ4n) is 1.90. The van der Waals surface area contributed by atoms with Gasteiger partial charge in [-0.2, -0.15) is 0 Å². The molecule has 3 nitrogen and oxygen atoms in total. The lowest BCUT2D eigenvalue weighted by molar-refractivity contribution is 0.559. The second kappa shape index (κ2) is 7.74. The Morgan fingerprint density at radius 3 is 2.67 bits per heavy atom. The van der Waals surface area contributed by atoms with Crippen molar-refractivity contribution >= 4 is 16.5 Å². The molecule has 0 saturated carbocycles. The summed E-state index contributed by atoms with van der Waals surface area (Å²) in [5, 5.41) is 6.79. The lowest BCUT2D eigenvalue weighted by atomic mass is 10.2. The fourth-order valence-corrected chi connectivity index (χ4v) is 2.89. The second-order valence-corrected chi connectivity index (χ2v) is 5.82. The molecule has 0 spiro atoms. The third-order valence-corrected chi connectivity index (χ3v) is 4.27. The molecule has 1 aromatic heterocycles. The van der Waals surface area contributed by atoms with Crippen LogP contribution in [0.4, 0.5) is 5.13 Å². The Kier molecular flexibility index (Phi) is 6.65. The Labute approximate surface area is 116 Å². The summed E-state index contributed by atoms with van der Waals surface area (Å²) < 4.78 is 0. The van der Waals surface area contributed by atoms with Crippen LogP contribution in [0.25, 0.3) is 0 Å². The van der Waals surface area contributed by atoms with Crippen LogP contribution in [0.5, 0.6) is 0 Å². The van der Waals surface area contributed by atoms with Crippen molar-refractivity contribution in [3.05, 3.63) is 11.1 Å². The van der Waals surface area contributed by atoms with Gasteiger partial charge in [-0.1, -0.05) is 20.3 Å². The Morgan fingerprint density at radius 1 is 1.33 bits per heavy atom. The Hall–Kier alpha value is -0.610. The van der Waals surface area contributed by atoms with E-state index in [2.05, 4.69) is 50.3 Å². The molecule has 0 aliphatic rings. The summed E-state index contributed by atoms with van der Waals surface area (Å²) in [5.74, 6) is 0. The largest absolute Gasteiger partial charge is 0.348 e. The quantitative estimate of drug-likeness (QED) is 0.777. The van der Waals surface area contributed by atoms with Crippen molar-refractivity contribution in [2.45, 2.75) is 59.0 Å². The number of aromatic nitrogens is 1. The van der Waals surface area contributed by atoms with Crippen molar-refractivity contribution in [1.82, 2.24) is 10.3 Å². The topological polar surface area (TPSA) is 28.2 Å². The molecular formula is C14H27N3S. The molecule has 4 heteroatoms. The van der Waals surface area contributed by atoms with Crippen molar-refractivity contribution in [3.8, 4) is 0 Å². The van der Waals surface area contributed by atoms with E-state index in [4.69, 9.17) is 4.98 Å². The maximum atomic E-state index is 4.75. The van der Waals surface area contributed by atoms with Crippen molar-refractivity contribution in [2.24, 2.45) is 0 Å². The first-order chi connectivity index (χ1) is 8.60. The molecule has 1 aromatic rings. The molecule has 0 bridgehead atoms. The van der Waals surface area contributed by atoms with Crippen LogP contribution < -0.4 is 10.2 Å². The van der Waals surface area contributed by atoms with Gasteiger partial charge in [0.15, 0.2) is 5.13 Å². The number of nitrogens with zero attached hydrogens (tertiary/aromatic N) is 2. The van der Waals surface area contributed by atoms with Crippen LogP contribution in [0.3, 0.4) is 0 Å². The van der Waals surface area contributed by atoms with Gasteiger partial charge in [0.1, 0.15) is 0 Å². The first-order valence-corrected chi connectivity index (χ1v) is 7.89. The van der Waals surface area contributed by atoms with Gasteiger partial charge in [0.25, 0.3) is 0 Å². The van der Waals surface area contributed by atoms with Gasteiger partial charge in [-0.3, -0.25) is 0 Å². The smallest absolute Gasteiger partial charge is 0.185 e. The summed E-state index contributed by atoms with van der Waals surface area (Å²) in [6, 6.07) is 0.915. The van der Waals surface area contributed by atoms with Crippen LogP contribution in [0.1, 0.15) is 58.7 Å². The van der Waals surface area contributed by atoms with Gasteiger partial charge >= 0.3 is 0 Å². The third kappa shape index (κ3) is 4.25. The molecule has 104 valence electrons. The Balaban J connectivity index is 2.61. The van der Waals surface area contributed by atoms with E-state index in [1.807, 2.05) is 0 Å². The fraction of sp³-hybridized carbons (Fsp3) is 0.786. The molecule has 0 aromatic carbocycles. The average Bonchev–Trinajstić information content (AvgIpc) is 2.84.